The fourth-order valence-corrected chi connectivity index (χ4v) is 1.32. The molecule has 0 aromatic heterocycles. The molecule has 0 saturated heterocycles. The minimum absolute atomic E-state index is 0.0133. The van der Waals surface area contributed by atoms with E-state index in [4.69, 9.17) is 14.6 Å². The molecule has 0 aliphatic rings. The molecule has 0 spiro atoms. The van der Waals surface area contributed by atoms with Crippen LogP contribution in [0.3, 0.4) is 0 Å². The summed E-state index contributed by atoms with van der Waals surface area (Å²) in [5.41, 5.74) is 0.173. The summed E-state index contributed by atoms with van der Waals surface area (Å²) in [4.78, 5) is 33.1. The van der Waals surface area contributed by atoms with Gasteiger partial charge in [0.2, 0.25) is 0 Å². The van der Waals surface area contributed by atoms with Crippen molar-refractivity contribution in [2.45, 2.75) is 6.42 Å². The van der Waals surface area contributed by atoms with Crippen LogP contribution in [0.1, 0.15) is 27.1 Å². The predicted molar refractivity (Wildman–Crippen MR) is 69.5 cm³/mol. The van der Waals surface area contributed by atoms with Gasteiger partial charge in [-0.25, -0.2) is 14.4 Å². The quantitative estimate of drug-likeness (QED) is 0.463. The van der Waals surface area contributed by atoms with E-state index in [1.54, 1.807) is 0 Å². The molecule has 1 aromatic carbocycles. The second kappa shape index (κ2) is 7.73. The molecule has 0 unspecified atom stereocenters. The SMILES string of the molecule is C=CC(=O)OCCCOC(=O)c1cccc(C(=O)O)c1. The Morgan fingerprint density at radius 1 is 1.15 bits per heavy atom. The molecule has 106 valence electrons. The van der Waals surface area contributed by atoms with E-state index in [9.17, 15) is 14.4 Å². The van der Waals surface area contributed by atoms with Crippen LogP contribution in [0.15, 0.2) is 36.9 Å². The Labute approximate surface area is 115 Å². The summed E-state index contributed by atoms with van der Waals surface area (Å²) in [7, 11) is 0. The van der Waals surface area contributed by atoms with Gasteiger partial charge in [0.15, 0.2) is 0 Å². The first kappa shape index (κ1) is 15.4. The van der Waals surface area contributed by atoms with Crippen LogP contribution in [0.2, 0.25) is 0 Å². The highest BCUT2D eigenvalue weighted by Gasteiger charge is 2.10. The number of benzene rings is 1. The molecule has 0 aliphatic heterocycles. The van der Waals surface area contributed by atoms with E-state index in [0.717, 1.165) is 6.08 Å². The second-order valence-corrected chi connectivity index (χ2v) is 3.75. The molecule has 0 heterocycles. The molecule has 20 heavy (non-hydrogen) atoms. The first-order valence-corrected chi connectivity index (χ1v) is 5.84. The molecule has 0 saturated carbocycles. The molecule has 1 aromatic rings. The minimum Gasteiger partial charge on any atom is -0.478 e. The smallest absolute Gasteiger partial charge is 0.338 e. The summed E-state index contributed by atoms with van der Waals surface area (Å²) in [5.74, 6) is -2.27. The summed E-state index contributed by atoms with van der Waals surface area (Å²) >= 11 is 0. The number of hydrogen-bond donors (Lipinski definition) is 1. The number of carboxylic acid groups (broad SMARTS) is 1. The highest BCUT2D eigenvalue weighted by molar-refractivity contribution is 5.94. The van der Waals surface area contributed by atoms with Crippen LogP contribution in [0.5, 0.6) is 0 Å². The monoisotopic (exact) mass is 278 g/mol. The molecule has 0 fully saturated rings. The van der Waals surface area contributed by atoms with Crippen LogP contribution in [0, 0.1) is 0 Å². The molecule has 6 nitrogen and oxygen atoms in total. The molecule has 0 bridgehead atoms. The zero-order valence-electron chi connectivity index (χ0n) is 10.7. The van der Waals surface area contributed by atoms with Crippen LogP contribution in [0.25, 0.3) is 0 Å². The number of esters is 2. The minimum atomic E-state index is -1.11. The van der Waals surface area contributed by atoms with Gasteiger partial charge in [-0.05, 0) is 18.2 Å². The molecule has 0 aliphatic carbocycles. The summed E-state index contributed by atoms with van der Waals surface area (Å²) in [6, 6.07) is 5.55. The van der Waals surface area contributed by atoms with Crippen LogP contribution in [-0.2, 0) is 14.3 Å². The van der Waals surface area contributed by atoms with Gasteiger partial charge in [-0.15, -0.1) is 0 Å². The number of hydrogen-bond acceptors (Lipinski definition) is 5. The number of ether oxygens (including phenoxy) is 2. The topological polar surface area (TPSA) is 89.9 Å². The van der Waals surface area contributed by atoms with Crippen LogP contribution >= 0.6 is 0 Å². The maximum Gasteiger partial charge on any atom is 0.338 e. The summed E-state index contributed by atoms with van der Waals surface area (Å²) < 4.78 is 9.63. The summed E-state index contributed by atoms with van der Waals surface area (Å²) in [6.45, 7) is 3.43. The van der Waals surface area contributed by atoms with Crippen LogP contribution in [0.4, 0.5) is 0 Å². The number of rotatable bonds is 7. The molecule has 0 atom stereocenters. The van der Waals surface area contributed by atoms with E-state index in [1.165, 1.54) is 24.3 Å². The number of carbonyl (C=O) groups excluding carboxylic acids is 2. The lowest BCUT2D eigenvalue weighted by Gasteiger charge is -2.05. The van der Waals surface area contributed by atoms with E-state index in [1.807, 2.05) is 0 Å². The zero-order valence-corrected chi connectivity index (χ0v) is 10.7. The van der Waals surface area contributed by atoms with Gasteiger partial charge in [-0.1, -0.05) is 12.6 Å². The van der Waals surface area contributed by atoms with Crippen molar-refractivity contribution in [2.24, 2.45) is 0 Å². The Kier molecular flexibility index (Phi) is 5.96. The van der Waals surface area contributed by atoms with E-state index in [0.29, 0.717) is 6.42 Å². The van der Waals surface area contributed by atoms with Crippen molar-refractivity contribution in [1.82, 2.24) is 0 Å². The normalized spacial score (nSPS) is 9.60. The maximum atomic E-state index is 11.6. The van der Waals surface area contributed by atoms with Gasteiger partial charge in [0.05, 0.1) is 24.3 Å². The number of carbonyl (C=O) groups is 3. The summed E-state index contributed by atoms with van der Waals surface area (Å²) in [5, 5.41) is 8.80. The van der Waals surface area contributed by atoms with E-state index < -0.39 is 17.9 Å². The van der Waals surface area contributed by atoms with E-state index >= 15 is 0 Å². The first-order valence-electron chi connectivity index (χ1n) is 5.84. The van der Waals surface area contributed by atoms with E-state index in [2.05, 4.69) is 6.58 Å². The zero-order chi connectivity index (χ0) is 15.0. The molecular weight excluding hydrogens is 264 g/mol. The van der Waals surface area contributed by atoms with Crippen molar-refractivity contribution in [3.63, 3.8) is 0 Å². The Bertz CT molecular complexity index is 520. The van der Waals surface area contributed by atoms with Gasteiger partial charge in [0, 0.05) is 12.5 Å². The average Bonchev–Trinajstić information content (AvgIpc) is 2.46. The fourth-order valence-electron chi connectivity index (χ4n) is 1.32. The van der Waals surface area contributed by atoms with Gasteiger partial charge < -0.3 is 14.6 Å². The largest absolute Gasteiger partial charge is 0.478 e. The lowest BCUT2D eigenvalue weighted by Crippen LogP contribution is -2.10. The third kappa shape index (κ3) is 4.93. The lowest BCUT2D eigenvalue weighted by molar-refractivity contribution is -0.137. The second-order valence-electron chi connectivity index (χ2n) is 3.75. The molecule has 1 rings (SSSR count). The van der Waals surface area contributed by atoms with Gasteiger partial charge >= 0.3 is 17.9 Å². The standard InChI is InChI=1S/C14H14O6/c1-2-12(15)19-7-4-8-20-14(18)11-6-3-5-10(9-11)13(16)17/h2-3,5-6,9H,1,4,7-8H2,(H,16,17). The Morgan fingerprint density at radius 2 is 1.80 bits per heavy atom. The van der Waals surface area contributed by atoms with Gasteiger partial charge in [-0.3, -0.25) is 0 Å². The third-order valence-corrected chi connectivity index (χ3v) is 2.28. The highest BCUT2D eigenvalue weighted by Crippen LogP contribution is 2.07. The van der Waals surface area contributed by atoms with Crippen molar-refractivity contribution in [2.75, 3.05) is 13.2 Å². The Balaban J connectivity index is 2.39. The maximum absolute atomic E-state index is 11.6. The molecule has 0 amide bonds. The van der Waals surface area contributed by atoms with Crippen molar-refractivity contribution in [3.05, 3.63) is 48.0 Å². The Hall–Kier alpha value is -2.63. The fraction of sp³-hybridized carbons (Fsp3) is 0.214. The van der Waals surface area contributed by atoms with Gasteiger partial charge in [0.25, 0.3) is 0 Å². The average molecular weight is 278 g/mol. The molecule has 1 N–H and O–H groups in total. The van der Waals surface area contributed by atoms with E-state index in [-0.39, 0.29) is 24.3 Å². The van der Waals surface area contributed by atoms with Gasteiger partial charge in [0.1, 0.15) is 0 Å². The van der Waals surface area contributed by atoms with Crippen molar-refractivity contribution >= 4 is 17.9 Å². The van der Waals surface area contributed by atoms with Crippen molar-refractivity contribution in [1.29, 1.82) is 0 Å². The van der Waals surface area contributed by atoms with Crippen LogP contribution < -0.4 is 0 Å². The number of aromatic carboxylic acids is 1. The Morgan fingerprint density at radius 3 is 2.45 bits per heavy atom. The van der Waals surface area contributed by atoms with Crippen molar-refractivity contribution in [3.8, 4) is 0 Å². The molecule has 0 radical (unpaired) electrons. The predicted octanol–water partition coefficient (Wildman–Crippen LogP) is 1.66. The number of carboxylic acids is 1. The van der Waals surface area contributed by atoms with Crippen LogP contribution in [-0.4, -0.2) is 36.2 Å². The van der Waals surface area contributed by atoms with Crippen molar-refractivity contribution < 1.29 is 29.0 Å². The summed E-state index contributed by atoms with van der Waals surface area (Å²) in [6.07, 6.45) is 1.40. The third-order valence-electron chi connectivity index (χ3n) is 2.28. The highest BCUT2D eigenvalue weighted by atomic mass is 16.5. The lowest BCUT2D eigenvalue weighted by atomic mass is 10.1. The molecular formula is C14H14O6. The van der Waals surface area contributed by atoms with Gasteiger partial charge in [-0.2, -0.15) is 0 Å². The molecule has 6 heteroatoms. The first-order chi connectivity index (χ1) is 9.54.